The van der Waals surface area contributed by atoms with Crippen LogP contribution in [0.3, 0.4) is 0 Å². The third kappa shape index (κ3) is 6.65. The van der Waals surface area contributed by atoms with Gasteiger partial charge in [0.1, 0.15) is 17.4 Å². The number of carbonyl (C=O) groups is 2. The van der Waals surface area contributed by atoms with Gasteiger partial charge in [0.15, 0.2) is 12.3 Å². The van der Waals surface area contributed by atoms with Crippen LogP contribution in [0.1, 0.15) is 71.7 Å². The van der Waals surface area contributed by atoms with Gasteiger partial charge in [-0.25, -0.2) is 9.78 Å². The fraction of sp³-hybridized carbons (Fsp3) is 0.346. The first kappa shape index (κ1) is 24.5. The quantitative estimate of drug-likeness (QED) is 0.387. The number of hydrogen-bond acceptors (Lipinski definition) is 6. The average molecular weight is 467 g/mol. The maximum Gasteiger partial charge on any atom is 0.358 e. The fourth-order valence-corrected chi connectivity index (χ4v) is 4.00. The predicted octanol–water partition coefficient (Wildman–Crippen LogP) is 6.07. The number of rotatable bonds is 9. The van der Waals surface area contributed by atoms with Crippen molar-refractivity contribution >= 4 is 28.9 Å². The van der Waals surface area contributed by atoms with Gasteiger partial charge < -0.3 is 14.8 Å². The first-order valence-corrected chi connectivity index (χ1v) is 11.9. The zero-order valence-electron chi connectivity index (χ0n) is 19.7. The number of para-hydroxylation sites is 1. The van der Waals surface area contributed by atoms with Gasteiger partial charge in [0.25, 0.3) is 5.91 Å². The molecule has 1 aromatic heterocycles. The standard InChI is InChI=1S/C26H30N2O4S/c1-16(2)20-7-6-8-21(17(3)4)25(20)28-23(29)13-32-26(30)22-15-33-24(27-22)14-31-19-11-9-18(5)10-12-19/h6-12,15-17H,13-14H2,1-5H3,(H,28,29). The highest BCUT2D eigenvalue weighted by Crippen LogP contribution is 2.32. The van der Waals surface area contributed by atoms with Crippen molar-refractivity contribution in [3.63, 3.8) is 0 Å². The van der Waals surface area contributed by atoms with Crippen LogP contribution in [0.15, 0.2) is 47.8 Å². The van der Waals surface area contributed by atoms with Crippen LogP contribution in [0.2, 0.25) is 0 Å². The molecule has 3 rings (SSSR count). The number of thiazole rings is 1. The van der Waals surface area contributed by atoms with Gasteiger partial charge in [0, 0.05) is 11.1 Å². The zero-order valence-corrected chi connectivity index (χ0v) is 20.5. The summed E-state index contributed by atoms with van der Waals surface area (Å²) in [6, 6.07) is 13.7. The summed E-state index contributed by atoms with van der Waals surface area (Å²) >= 11 is 1.31. The third-order valence-corrected chi connectivity index (χ3v) is 5.94. The molecule has 174 valence electrons. The molecule has 2 aromatic carbocycles. The topological polar surface area (TPSA) is 77.5 Å². The van der Waals surface area contributed by atoms with Gasteiger partial charge in [0.05, 0.1) is 0 Å². The molecule has 1 N–H and O–H groups in total. The maximum atomic E-state index is 12.6. The predicted molar refractivity (Wildman–Crippen MR) is 131 cm³/mol. The zero-order chi connectivity index (χ0) is 24.0. The molecule has 0 aliphatic heterocycles. The molecule has 0 saturated carbocycles. The Hall–Kier alpha value is -3.19. The second kappa shape index (κ2) is 11.1. The Bertz CT molecular complexity index is 1080. The summed E-state index contributed by atoms with van der Waals surface area (Å²) in [6.45, 7) is 10.2. The highest BCUT2D eigenvalue weighted by molar-refractivity contribution is 7.09. The summed E-state index contributed by atoms with van der Waals surface area (Å²) in [5.74, 6) is 0.217. The van der Waals surface area contributed by atoms with E-state index in [-0.39, 0.29) is 36.7 Å². The molecule has 1 heterocycles. The highest BCUT2D eigenvalue weighted by atomic mass is 32.1. The Morgan fingerprint density at radius 3 is 2.24 bits per heavy atom. The number of nitrogens with zero attached hydrogens (tertiary/aromatic N) is 1. The van der Waals surface area contributed by atoms with E-state index in [9.17, 15) is 9.59 Å². The van der Waals surface area contributed by atoms with E-state index in [0.717, 1.165) is 28.1 Å². The van der Waals surface area contributed by atoms with E-state index >= 15 is 0 Å². The summed E-state index contributed by atoms with van der Waals surface area (Å²) in [4.78, 5) is 29.2. The first-order valence-electron chi connectivity index (χ1n) is 11.0. The van der Waals surface area contributed by atoms with E-state index in [2.05, 4.69) is 38.0 Å². The second-order valence-electron chi connectivity index (χ2n) is 8.47. The van der Waals surface area contributed by atoms with Crippen molar-refractivity contribution in [2.75, 3.05) is 11.9 Å². The van der Waals surface area contributed by atoms with Gasteiger partial charge >= 0.3 is 5.97 Å². The van der Waals surface area contributed by atoms with Crippen molar-refractivity contribution in [2.24, 2.45) is 0 Å². The molecule has 0 fully saturated rings. The van der Waals surface area contributed by atoms with Crippen LogP contribution in [0, 0.1) is 6.92 Å². The number of esters is 1. The molecular formula is C26H30N2O4S. The number of anilines is 1. The number of amides is 1. The summed E-state index contributed by atoms with van der Waals surface area (Å²) < 4.78 is 10.9. The number of aryl methyl sites for hydroxylation is 1. The molecule has 0 aliphatic rings. The van der Waals surface area contributed by atoms with Crippen LogP contribution in [0.25, 0.3) is 0 Å². The van der Waals surface area contributed by atoms with E-state index in [1.807, 2.05) is 49.4 Å². The number of nitrogens with one attached hydrogen (secondary N) is 1. The molecule has 3 aromatic rings. The molecule has 6 nitrogen and oxygen atoms in total. The van der Waals surface area contributed by atoms with Gasteiger partial charge in [-0.2, -0.15) is 0 Å². The molecule has 0 spiro atoms. The Balaban J connectivity index is 1.56. The monoisotopic (exact) mass is 466 g/mol. The molecular weight excluding hydrogens is 436 g/mol. The van der Waals surface area contributed by atoms with E-state index in [4.69, 9.17) is 9.47 Å². The molecule has 0 unspecified atom stereocenters. The van der Waals surface area contributed by atoms with Crippen LogP contribution in [0.5, 0.6) is 5.75 Å². The first-order chi connectivity index (χ1) is 15.7. The van der Waals surface area contributed by atoms with Crippen molar-refractivity contribution in [1.29, 1.82) is 0 Å². The van der Waals surface area contributed by atoms with Crippen LogP contribution in [-0.4, -0.2) is 23.5 Å². The van der Waals surface area contributed by atoms with E-state index in [1.165, 1.54) is 11.3 Å². The second-order valence-corrected chi connectivity index (χ2v) is 9.42. The van der Waals surface area contributed by atoms with Crippen LogP contribution in [-0.2, 0) is 16.1 Å². The number of benzene rings is 2. The molecule has 0 saturated heterocycles. The minimum Gasteiger partial charge on any atom is -0.486 e. The summed E-state index contributed by atoms with van der Waals surface area (Å²) in [5.41, 5.74) is 4.23. The lowest BCUT2D eigenvalue weighted by atomic mass is 9.92. The van der Waals surface area contributed by atoms with E-state index in [1.54, 1.807) is 5.38 Å². The van der Waals surface area contributed by atoms with Gasteiger partial charge in [-0.1, -0.05) is 63.6 Å². The normalized spacial score (nSPS) is 11.0. The van der Waals surface area contributed by atoms with Crippen molar-refractivity contribution in [3.8, 4) is 5.75 Å². The Kier molecular flexibility index (Phi) is 8.22. The smallest absolute Gasteiger partial charge is 0.358 e. The average Bonchev–Trinajstić information content (AvgIpc) is 3.26. The van der Waals surface area contributed by atoms with Crippen molar-refractivity contribution < 1.29 is 19.1 Å². The van der Waals surface area contributed by atoms with Crippen molar-refractivity contribution in [2.45, 2.75) is 53.1 Å². The number of ether oxygens (including phenoxy) is 2. The van der Waals surface area contributed by atoms with E-state index in [0.29, 0.717) is 5.01 Å². The SMILES string of the molecule is Cc1ccc(OCc2nc(C(=O)OCC(=O)Nc3c(C(C)C)cccc3C(C)C)cs2)cc1. The molecule has 33 heavy (non-hydrogen) atoms. The maximum absolute atomic E-state index is 12.6. The Morgan fingerprint density at radius 1 is 1.00 bits per heavy atom. The minimum absolute atomic E-state index is 0.167. The molecule has 0 aliphatic carbocycles. The lowest BCUT2D eigenvalue weighted by Gasteiger charge is -2.20. The van der Waals surface area contributed by atoms with Gasteiger partial charge in [-0.05, 0) is 42.0 Å². The Labute approximate surface area is 199 Å². The molecule has 0 bridgehead atoms. The number of hydrogen-bond donors (Lipinski definition) is 1. The lowest BCUT2D eigenvalue weighted by molar-refractivity contribution is -0.119. The van der Waals surface area contributed by atoms with E-state index < -0.39 is 5.97 Å². The molecule has 0 atom stereocenters. The lowest BCUT2D eigenvalue weighted by Crippen LogP contribution is -2.23. The largest absolute Gasteiger partial charge is 0.486 e. The van der Waals surface area contributed by atoms with Gasteiger partial charge in [-0.15, -0.1) is 11.3 Å². The molecule has 0 radical (unpaired) electrons. The van der Waals surface area contributed by atoms with Crippen LogP contribution >= 0.6 is 11.3 Å². The summed E-state index contributed by atoms with van der Waals surface area (Å²) in [5, 5.41) is 5.20. The summed E-state index contributed by atoms with van der Waals surface area (Å²) in [6.07, 6.45) is 0. The molecule has 1 amide bonds. The number of aromatic nitrogens is 1. The summed E-state index contributed by atoms with van der Waals surface area (Å²) in [7, 11) is 0. The van der Waals surface area contributed by atoms with Crippen LogP contribution < -0.4 is 10.1 Å². The van der Waals surface area contributed by atoms with Crippen LogP contribution in [0.4, 0.5) is 5.69 Å². The highest BCUT2D eigenvalue weighted by Gasteiger charge is 2.18. The number of carbonyl (C=O) groups excluding carboxylic acids is 2. The van der Waals surface area contributed by atoms with Crippen molar-refractivity contribution in [3.05, 3.63) is 75.2 Å². The van der Waals surface area contributed by atoms with Gasteiger partial charge in [0.2, 0.25) is 0 Å². The van der Waals surface area contributed by atoms with Crippen molar-refractivity contribution in [1.82, 2.24) is 4.98 Å². The third-order valence-electron chi connectivity index (χ3n) is 5.12. The fourth-order valence-electron chi connectivity index (χ4n) is 3.33. The molecule has 7 heteroatoms. The van der Waals surface area contributed by atoms with Gasteiger partial charge in [-0.3, -0.25) is 4.79 Å². The Morgan fingerprint density at radius 2 is 1.64 bits per heavy atom. The minimum atomic E-state index is -0.635.